The molecule has 3 rings (SSSR count). The Balaban J connectivity index is 1.57. The lowest BCUT2D eigenvalue weighted by atomic mass is 9.96. The van der Waals surface area contributed by atoms with E-state index in [1.807, 2.05) is 18.2 Å². The maximum absolute atomic E-state index is 12.5. The lowest BCUT2D eigenvalue weighted by molar-refractivity contribution is -0.121. The summed E-state index contributed by atoms with van der Waals surface area (Å²) in [5.41, 5.74) is 2.10. The SMILES string of the molecule is O=C(Nc1ccc(Cl)cc1)[C@H]1CCCN(Cc2ccccc2)C1. The first-order chi connectivity index (χ1) is 11.2. The van der Waals surface area contributed by atoms with Gasteiger partial charge in [-0.1, -0.05) is 41.9 Å². The van der Waals surface area contributed by atoms with Gasteiger partial charge in [0.15, 0.2) is 0 Å². The summed E-state index contributed by atoms with van der Waals surface area (Å²) in [5, 5.41) is 3.67. The van der Waals surface area contributed by atoms with E-state index in [1.165, 1.54) is 5.56 Å². The van der Waals surface area contributed by atoms with Gasteiger partial charge >= 0.3 is 0 Å². The van der Waals surface area contributed by atoms with Crippen molar-refractivity contribution < 1.29 is 4.79 Å². The van der Waals surface area contributed by atoms with E-state index < -0.39 is 0 Å². The van der Waals surface area contributed by atoms with E-state index in [1.54, 1.807) is 12.1 Å². The zero-order valence-electron chi connectivity index (χ0n) is 13.0. The standard InChI is InChI=1S/C19H21ClN2O/c20-17-8-10-18(11-9-17)21-19(23)16-7-4-12-22(14-16)13-15-5-2-1-3-6-15/h1-3,5-6,8-11,16H,4,7,12-14H2,(H,21,23)/t16-/m0/s1. The van der Waals surface area contributed by atoms with E-state index in [0.717, 1.165) is 38.2 Å². The number of likely N-dealkylation sites (tertiary alicyclic amines) is 1. The molecular formula is C19H21ClN2O. The Hall–Kier alpha value is -1.84. The Morgan fingerprint density at radius 2 is 1.87 bits per heavy atom. The highest BCUT2D eigenvalue weighted by atomic mass is 35.5. The Kier molecular flexibility index (Phi) is 5.31. The summed E-state index contributed by atoms with van der Waals surface area (Å²) in [6, 6.07) is 17.7. The van der Waals surface area contributed by atoms with Gasteiger partial charge < -0.3 is 5.32 Å². The van der Waals surface area contributed by atoms with Gasteiger partial charge in [-0.05, 0) is 49.2 Å². The predicted molar refractivity (Wildman–Crippen MR) is 94.5 cm³/mol. The normalized spacial score (nSPS) is 18.6. The van der Waals surface area contributed by atoms with Crippen molar-refractivity contribution in [2.24, 2.45) is 5.92 Å². The van der Waals surface area contributed by atoms with Crippen molar-refractivity contribution >= 4 is 23.2 Å². The number of nitrogens with one attached hydrogen (secondary N) is 1. The summed E-state index contributed by atoms with van der Waals surface area (Å²) >= 11 is 5.87. The minimum atomic E-state index is 0.0446. The predicted octanol–water partition coefficient (Wildman–Crippen LogP) is 4.19. The summed E-state index contributed by atoms with van der Waals surface area (Å²) in [5.74, 6) is 0.147. The largest absolute Gasteiger partial charge is 0.326 e. The monoisotopic (exact) mass is 328 g/mol. The van der Waals surface area contributed by atoms with Crippen LogP contribution in [0.2, 0.25) is 5.02 Å². The van der Waals surface area contributed by atoms with Crippen LogP contribution in [0.15, 0.2) is 54.6 Å². The highest BCUT2D eigenvalue weighted by Gasteiger charge is 2.25. The van der Waals surface area contributed by atoms with Crippen LogP contribution >= 0.6 is 11.6 Å². The van der Waals surface area contributed by atoms with E-state index in [0.29, 0.717) is 5.02 Å². The summed E-state index contributed by atoms with van der Waals surface area (Å²) in [6.07, 6.45) is 2.01. The molecule has 0 bridgehead atoms. The molecule has 4 heteroatoms. The van der Waals surface area contributed by atoms with Crippen molar-refractivity contribution in [1.29, 1.82) is 0 Å². The van der Waals surface area contributed by atoms with Gasteiger partial charge in [-0.15, -0.1) is 0 Å². The van der Waals surface area contributed by atoms with Gasteiger partial charge in [0, 0.05) is 23.8 Å². The maximum Gasteiger partial charge on any atom is 0.228 e. The quantitative estimate of drug-likeness (QED) is 0.912. The highest BCUT2D eigenvalue weighted by molar-refractivity contribution is 6.30. The topological polar surface area (TPSA) is 32.3 Å². The lowest BCUT2D eigenvalue weighted by Gasteiger charge is -2.32. The number of hydrogen-bond acceptors (Lipinski definition) is 2. The summed E-state index contributed by atoms with van der Waals surface area (Å²) < 4.78 is 0. The van der Waals surface area contributed by atoms with Crippen LogP contribution in [-0.2, 0) is 11.3 Å². The van der Waals surface area contributed by atoms with Gasteiger partial charge in [-0.2, -0.15) is 0 Å². The summed E-state index contributed by atoms with van der Waals surface area (Å²) in [7, 11) is 0. The molecule has 0 unspecified atom stereocenters. The number of carbonyl (C=O) groups excluding carboxylic acids is 1. The van der Waals surface area contributed by atoms with E-state index in [9.17, 15) is 4.79 Å². The molecule has 2 aromatic rings. The smallest absolute Gasteiger partial charge is 0.228 e. The molecule has 1 heterocycles. The molecular weight excluding hydrogens is 308 g/mol. The Morgan fingerprint density at radius 3 is 2.61 bits per heavy atom. The van der Waals surface area contributed by atoms with Gasteiger partial charge in [0.2, 0.25) is 5.91 Å². The molecule has 0 aliphatic carbocycles. The number of nitrogens with zero attached hydrogens (tertiary/aromatic N) is 1. The van der Waals surface area contributed by atoms with Crippen LogP contribution in [0.5, 0.6) is 0 Å². The molecule has 1 fully saturated rings. The van der Waals surface area contributed by atoms with Crippen LogP contribution in [0.1, 0.15) is 18.4 Å². The van der Waals surface area contributed by atoms with Crippen molar-refractivity contribution in [2.45, 2.75) is 19.4 Å². The number of rotatable bonds is 4. The molecule has 1 amide bonds. The second-order valence-corrected chi connectivity index (χ2v) is 6.49. The number of hydrogen-bond donors (Lipinski definition) is 1. The number of anilines is 1. The fourth-order valence-electron chi connectivity index (χ4n) is 3.03. The third-order valence-corrected chi connectivity index (χ3v) is 4.49. The van der Waals surface area contributed by atoms with Crippen LogP contribution in [0.4, 0.5) is 5.69 Å². The average molecular weight is 329 g/mol. The van der Waals surface area contributed by atoms with Crippen LogP contribution in [0.3, 0.4) is 0 Å². The average Bonchev–Trinajstić information content (AvgIpc) is 2.58. The molecule has 23 heavy (non-hydrogen) atoms. The van der Waals surface area contributed by atoms with Gasteiger partial charge in [-0.25, -0.2) is 0 Å². The maximum atomic E-state index is 12.5. The highest BCUT2D eigenvalue weighted by Crippen LogP contribution is 2.21. The molecule has 0 radical (unpaired) electrons. The third-order valence-electron chi connectivity index (χ3n) is 4.24. The van der Waals surface area contributed by atoms with Crippen molar-refractivity contribution in [2.75, 3.05) is 18.4 Å². The minimum absolute atomic E-state index is 0.0446. The fourth-order valence-corrected chi connectivity index (χ4v) is 3.16. The van der Waals surface area contributed by atoms with Crippen LogP contribution < -0.4 is 5.32 Å². The van der Waals surface area contributed by atoms with Gasteiger partial charge in [0.1, 0.15) is 0 Å². The lowest BCUT2D eigenvalue weighted by Crippen LogP contribution is -2.40. The van der Waals surface area contributed by atoms with E-state index in [4.69, 9.17) is 11.6 Å². The van der Waals surface area contributed by atoms with Crippen molar-refractivity contribution in [1.82, 2.24) is 4.90 Å². The van der Waals surface area contributed by atoms with E-state index in [2.05, 4.69) is 34.5 Å². The molecule has 3 nitrogen and oxygen atoms in total. The van der Waals surface area contributed by atoms with Crippen LogP contribution in [0.25, 0.3) is 0 Å². The van der Waals surface area contributed by atoms with Gasteiger partial charge in [-0.3, -0.25) is 9.69 Å². The molecule has 0 spiro atoms. The minimum Gasteiger partial charge on any atom is -0.326 e. The molecule has 1 aliphatic rings. The third kappa shape index (κ3) is 4.57. The molecule has 0 saturated carbocycles. The Morgan fingerprint density at radius 1 is 1.13 bits per heavy atom. The first-order valence-corrected chi connectivity index (χ1v) is 8.41. The van der Waals surface area contributed by atoms with Crippen molar-refractivity contribution in [3.05, 3.63) is 65.2 Å². The van der Waals surface area contributed by atoms with Crippen molar-refractivity contribution in [3.8, 4) is 0 Å². The second kappa shape index (κ2) is 7.62. The number of benzene rings is 2. The molecule has 1 saturated heterocycles. The van der Waals surface area contributed by atoms with Gasteiger partial charge in [0.05, 0.1) is 5.92 Å². The first kappa shape index (κ1) is 16.0. The zero-order chi connectivity index (χ0) is 16.1. The fraction of sp³-hybridized carbons (Fsp3) is 0.316. The summed E-state index contributed by atoms with van der Waals surface area (Å²) in [4.78, 5) is 14.8. The number of halogens is 1. The second-order valence-electron chi connectivity index (χ2n) is 6.06. The Bertz CT molecular complexity index is 642. The Labute approximate surface area is 142 Å². The van der Waals surface area contributed by atoms with Crippen molar-refractivity contribution in [3.63, 3.8) is 0 Å². The van der Waals surface area contributed by atoms with Gasteiger partial charge in [0.25, 0.3) is 0 Å². The molecule has 1 N–H and O–H groups in total. The van der Waals surface area contributed by atoms with Crippen LogP contribution in [0, 0.1) is 5.92 Å². The molecule has 120 valence electrons. The summed E-state index contributed by atoms with van der Waals surface area (Å²) in [6.45, 7) is 2.78. The molecule has 2 aromatic carbocycles. The molecule has 1 aliphatic heterocycles. The van der Waals surface area contributed by atoms with Crippen LogP contribution in [-0.4, -0.2) is 23.9 Å². The number of amides is 1. The number of piperidine rings is 1. The van der Waals surface area contributed by atoms with E-state index >= 15 is 0 Å². The molecule has 0 aromatic heterocycles. The molecule has 1 atom stereocenters. The first-order valence-electron chi connectivity index (χ1n) is 8.03. The zero-order valence-corrected chi connectivity index (χ0v) is 13.8. The number of carbonyl (C=O) groups is 1. The van der Waals surface area contributed by atoms with E-state index in [-0.39, 0.29) is 11.8 Å².